The molecule has 0 fully saturated rings. The lowest BCUT2D eigenvalue weighted by atomic mass is 9.62. The third kappa shape index (κ3) is 4.94. The standard InChI is InChI=1S/C47H28N4OS/c1-48-34-26-23-30(24-27-34)44-49-45(31-25-28-42-37(29-31)35-17-8-11-22-41(35)53-42)51-46(50-44)36-18-12-21-40-43(36)47(32-13-4-2-5-14-32,33-15-6-3-7-16-33)38-19-9-10-20-39(38)52-40/h2-29H. The molecule has 0 spiro atoms. The van der Waals surface area contributed by atoms with Crippen LogP contribution in [-0.4, -0.2) is 15.0 Å². The van der Waals surface area contributed by atoms with Gasteiger partial charge in [-0.2, -0.15) is 0 Å². The molecule has 7 aromatic carbocycles. The highest BCUT2D eigenvalue weighted by molar-refractivity contribution is 7.25. The Kier molecular flexibility index (Phi) is 7.21. The molecule has 0 saturated heterocycles. The van der Waals surface area contributed by atoms with E-state index < -0.39 is 5.41 Å². The Morgan fingerprint density at radius 3 is 1.87 bits per heavy atom. The maximum Gasteiger partial charge on any atom is 0.187 e. The molecule has 0 saturated carbocycles. The molecule has 1 aliphatic heterocycles. The van der Waals surface area contributed by atoms with Crippen molar-refractivity contribution in [3.63, 3.8) is 0 Å². The summed E-state index contributed by atoms with van der Waals surface area (Å²) in [6, 6.07) is 58.1. The summed E-state index contributed by atoms with van der Waals surface area (Å²) in [5.41, 5.74) is 6.54. The zero-order chi connectivity index (χ0) is 35.4. The second kappa shape index (κ2) is 12.4. The largest absolute Gasteiger partial charge is 0.457 e. The van der Waals surface area contributed by atoms with Crippen LogP contribution in [0.15, 0.2) is 170 Å². The van der Waals surface area contributed by atoms with Crippen LogP contribution < -0.4 is 4.74 Å². The smallest absolute Gasteiger partial charge is 0.187 e. The van der Waals surface area contributed by atoms with E-state index in [1.807, 2.05) is 36.4 Å². The summed E-state index contributed by atoms with van der Waals surface area (Å²) in [6.45, 7) is 7.51. The van der Waals surface area contributed by atoms with Crippen LogP contribution >= 0.6 is 11.3 Å². The minimum atomic E-state index is -0.762. The fraction of sp³-hybridized carbons (Fsp3) is 0.0213. The van der Waals surface area contributed by atoms with E-state index in [2.05, 4.69) is 126 Å². The Hall–Kier alpha value is -6.94. The zero-order valence-electron chi connectivity index (χ0n) is 28.3. The molecule has 53 heavy (non-hydrogen) atoms. The summed E-state index contributed by atoms with van der Waals surface area (Å²) < 4.78 is 9.23. The van der Waals surface area contributed by atoms with Gasteiger partial charge in [-0.25, -0.2) is 19.8 Å². The molecule has 248 valence electrons. The average Bonchev–Trinajstić information content (AvgIpc) is 3.61. The molecule has 0 bridgehead atoms. The van der Waals surface area contributed by atoms with Gasteiger partial charge >= 0.3 is 0 Å². The monoisotopic (exact) mass is 696 g/mol. The summed E-state index contributed by atoms with van der Waals surface area (Å²) in [5, 5.41) is 2.38. The van der Waals surface area contributed by atoms with Crippen molar-refractivity contribution in [2.75, 3.05) is 0 Å². The lowest BCUT2D eigenvalue weighted by Gasteiger charge is -2.42. The van der Waals surface area contributed by atoms with Crippen LogP contribution in [0.2, 0.25) is 0 Å². The summed E-state index contributed by atoms with van der Waals surface area (Å²) in [7, 11) is 0. The van der Waals surface area contributed by atoms with Crippen molar-refractivity contribution in [3.05, 3.63) is 204 Å². The van der Waals surface area contributed by atoms with Gasteiger partial charge in [0.2, 0.25) is 0 Å². The normalized spacial score (nSPS) is 12.8. The average molecular weight is 697 g/mol. The van der Waals surface area contributed by atoms with Crippen LogP contribution in [0, 0.1) is 6.57 Å². The van der Waals surface area contributed by atoms with Crippen molar-refractivity contribution < 1.29 is 4.74 Å². The van der Waals surface area contributed by atoms with Gasteiger partial charge in [0.15, 0.2) is 23.2 Å². The SMILES string of the molecule is [C-]#[N+]c1ccc(-c2nc(-c3ccc4sc5ccccc5c4c3)nc(-c3cccc4c3C(c3ccccc3)(c3ccccc3)c3ccccc3O4)n2)cc1. The quantitative estimate of drug-likeness (QED) is 0.168. The lowest BCUT2D eigenvalue weighted by Crippen LogP contribution is -2.35. The van der Waals surface area contributed by atoms with Gasteiger partial charge in [-0.05, 0) is 47.5 Å². The first-order valence-corrected chi connectivity index (χ1v) is 18.2. The predicted octanol–water partition coefficient (Wildman–Crippen LogP) is 12.3. The van der Waals surface area contributed by atoms with E-state index >= 15 is 0 Å². The Balaban J connectivity index is 1.28. The Morgan fingerprint density at radius 2 is 1.11 bits per heavy atom. The minimum absolute atomic E-state index is 0.525. The number of nitrogens with zero attached hydrogens (tertiary/aromatic N) is 4. The summed E-state index contributed by atoms with van der Waals surface area (Å²) in [5.74, 6) is 3.17. The van der Waals surface area contributed by atoms with Crippen molar-refractivity contribution in [2.45, 2.75) is 5.41 Å². The molecule has 6 heteroatoms. The molecule has 5 nitrogen and oxygen atoms in total. The third-order valence-electron chi connectivity index (χ3n) is 10.1. The number of aromatic nitrogens is 3. The fourth-order valence-electron chi connectivity index (χ4n) is 7.76. The number of hydrogen-bond acceptors (Lipinski definition) is 5. The van der Waals surface area contributed by atoms with E-state index in [4.69, 9.17) is 26.3 Å². The molecule has 0 amide bonds. The number of benzene rings is 7. The molecule has 3 heterocycles. The van der Waals surface area contributed by atoms with E-state index in [-0.39, 0.29) is 0 Å². The molecule has 9 aromatic rings. The van der Waals surface area contributed by atoms with E-state index in [9.17, 15) is 0 Å². The van der Waals surface area contributed by atoms with Crippen molar-refractivity contribution in [1.29, 1.82) is 0 Å². The number of fused-ring (bicyclic) bond motifs is 5. The summed E-state index contributed by atoms with van der Waals surface area (Å²) >= 11 is 1.78. The van der Waals surface area contributed by atoms with Gasteiger partial charge in [0.25, 0.3) is 0 Å². The third-order valence-corrected chi connectivity index (χ3v) is 11.2. The van der Waals surface area contributed by atoms with E-state index in [1.54, 1.807) is 23.5 Å². The van der Waals surface area contributed by atoms with Crippen molar-refractivity contribution in [2.24, 2.45) is 0 Å². The van der Waals surface area contributed by atoms with E-state index in [1.165, 1.54) is 20.2 Å². The van der Waals surface area contributed by atoms with Gasteiger partial charge in [0.1, 0.15) is 11.5 Å². The van der Waals surface area contributed by atoms with Crippen LogP contribution in [-0.2, 0) is 5.41 Å². The summed E-state index contributed by atoms with van der Waals surface area (Å²) in [6.07, 6.45) is 0. The number of thiophene rings is 1. The van der Waals surface area contributed by atoms with Crippen LogP contribution in [0.4, 0.5) is 5.69 Å². The van der Waals surface area contributed by atoms with E-state index in [0.717, 1.165) is 50.4 Å². The number of hydrogen-bond donors (Lipinski definition) is 0. The van der Waals surface area contributed by atoms with Gasteiger partial charge in [-0.1, -0.05) is 133 Å². The summed E-state index contributed by atoms with van der Waals surface area (Å²) in [4.78, 5) is 19.2. The first kappa shape index (κ1) is 30.8. The molecule has 0 radical (unpaired) electrons. The van der Waals surface area contributed by atoms with Gasteiger partial charge in [0, 0.05) is 48.0 Å². The highest BCUT2D eigenvalue weighted by atomic mass is 32.1. The lowest BCUT2D eigenvalue weighted by molar-refractivity contribution is 0.435. The maximum atomic E-state index is 7.51. The van der Waals surface area contributed by atoms with Gasteiger partial charge in [-0.3, -0.25) is 0 Å². The molecule has 0 atom stereocenters. The maximum absolute atomic E-state index is 7.51. The van der Waals surface area contributed by atoms with Gasteiger partial charge < -0.3 is 4.74 Å². The molecular weight excluding hydrogens is 669 g/mol. The number of ether oxygens (including phenoxy) is 1. The second-order valence-corrected chi connectivity index (χ2v) is 14.1. The van der Waals surface area contributed by atoms with Crippen molar-refractivity contribution >= 4 is 37.2 Å². The molecule has 10 rings (SSSR count). The topological polar surface area (TPSA) is 52.3 Å². The Labute approximate surface area is 310 Å². The Morgan fingerprint density at radius 1 is 0.509 bits per heavy atom. The van der Waals surface area contributed by atoms with Gasteiger partial charge in [0.05, 0.1) is 12.0 Å². The highest BCUT2D eigenvalue weighted by Crippen LogP contribution is 2.57. The van der Waals surface area contributed by atoms with Crippen LogP contribution in [0.1, 0.15) is 22.3 Å². The first-order chi connectivity index (χ1) is 26.2. The molecule has 1 aliphatic rings. The zero-order valence-corrected chi connectivity index (χ0v) is 29.1. The van der Waals surface area contributed by atoms with Crippen LogP contribution in [0.25, 0.3) is 59.2 Å². The fourth-order valence-corrected chi connectivity index (χ4v) is 8.84. The highest BCUT2D eigenvalue weighted by Gasteiger charge is 2.47. The molecular formula is C47H28N4OS. The van der Waals surface area contributed by atoms with Crippen LogP contribution in [0.3, 0.4) is 0 Å². The molecule has 0 unspecified atom stereocenters. The molecule has 0 aliphatic carbocycles. The molecule has 2 aromatic heterocycles. The predicted molar refractivity (Wildman–Crippen MR) is 214 cm³/mol. The second-order valence-electron chi connectivity index (χ2n) is 13.0. The number of para-hydroxylation sites is 1. The Bertz CT molecular complexity index is 2840. The number of rotatable bonds is 5. The van der Waals surface area contributed by atoms with Crippen molar-refractivity contribution in [1.82, 2.24) is 15.0 Å². The minimum Gasteiger partial charge on any atom is -0.457 e. The van der Waals surface area contributed by atoms with Crippen LogP contribution in [0.5, 0.6) is 11.5 Å². The van der Waals surface area contributed by atoms with Crippen molar-refractivity contribution in [3.8, 4) is 45.7 Å². The first-order valence-electron chi connectivity index (χ1n) is 17.4. The van der Waals surface area contributed by atoms with E-state index in [0.29, 0.717) is 23.2 Å². The van der Waals surface area contributed by atoms with Gasteiger partial charge in [-0.15, -0.1) is 11.3 Å². The molecule has 0 N–H and O–H groups in total.